The maximum atomic E-state index is 13.1. The molecule has 2 heterocycles. The van der Waals surface area contributed by atoms with E-state index in [9.17, 15) is 9.59 Å². The zero-order valence-corrected chi connectivity index (χ0v) is 18.5. The van der Waals surface area contributed by atoms with Crippen molar-refractivity contribution in [3.63, 3.8) is 0 Å². The van der Waals surface area contributed by atoms with Gasteiger partial charge < -0.3 is 19.8 Å². The van der Waals surface area contributed by atoms with Crippen LogP contribution in [-0.2, 0) is 16.1 Å². The second-order valence-corrected chi connectivity index (χ2v) is 8.33. The molecule has 0 radical (unpaired) electrons. The summed E-state index contributed by atoms with van der Waals surface area (Å²) in [5.74, 6) is 0.458. The number of nitrogens with zero attached hydrogens (tertiary/aromatic N) is 1. The van der Waals surface area contributed by atoms with Crippen molar-refractivity contribution >= 4 is 12.0 Å². The van der Waals surface area contributed by atoms with Crippen molar-refractivity contribution < 1.29 is 18.7 Å². The third kappa shape index (κ3) is 5.22. The number of urea groups is 1. The van der Waals surface area contributed by atoms with Crippen molar-refractivity contribution in [2.45, 2.75) is 57.7 Å². The summed E-state index contributed by atoms with van der Waals surface area (Å²) in [4.78, 5) is 28.0. The van der Waals surface area contributed by atoms with Gasteiger partial charge >= 0.3 is 12.0 Å². The summed E-state index contributed by atoms with van der Waals surface area (Å²) >= 11 is 0. The Morgan fingerprint density at radius 1 is 1.09 bits per heavy atom. The molecule has 2 aromatic rings. The van der Waals surface area contributed by atoms with E-state index in [0.717, 1.165) is 24.2 Å². The van der Waals surface area contributed by atoms with E-state index in [1.54, 1.807) is 13.2 Å². The van der Waals surface area contributed by atoms with E-state index in [2.05, 4.69) is 15.5 Å². The molecule has 32 heavy (non-hydrogen) atoms. The molecular weight excluding hydrogens is 406 g/mol. The van der Waals surface area contributed by atoms with E-state index in [-0.39, 0.29) is 12.6 Å². The maximum absolute atomic E-state index is 13.1. The van der Waals surface area contributed by atoms with E-state index in [0.29, 0.717) is 30.4 Å². The van der Waals surface area contributed by atoms with E-state index < -0.39 is 12.0 Å². The zero-order valence-electron chi connectivity index (χ0n) is 18.5. The summed E-state index contributed by atoms with van der Waals surface area (Å²) in [6.07, 6.45) is 7.48. The fraction of sp³-hybridized carbons (Fsp3) is 0.440. The summed E-state index contributed by atoms with van der Waals surface area (Å²) in [7, 11) is 0. The van der Waals surface area contributed by atoms with Gasteiger partial charge in [0.05, 0.1) is 31.0 Å². The molecule has 7 heteroatoms. The van der Waals surface area contributed by atoms with Gasteiger partial charge in [0.15, 0.2) is 0 Å². The smallest absolute Gasteiger partial charge is 0.338 e. The summed E-state index contributed by atoms with van der Waals surface area (Å²) in [6.45, 7) is 3.12. The molecule has 1 saturated carbocycles. The average Bonchev–Trinajstić information content (AvgIpc) is 3.33. The highest BCUT2D eigenvalue weighted by Crippen LogP contribution is 2.30. The Hall–Kier alpha value is -3.06. The van der Waals surface area contributed by atoms with Crippen LogP contribution >= 0.6 is 0 Å². The minimum Gasteiger partial charge on any atom is -0.468 e. The van der Waals surface area contributed by atoms with Crippen LogP contribution in [0.15, 0.2) is 64.4 Å². The lowest BCUT2D eigenvalue weighted by molar-refractivity contribution is -0.139. The molecule has 4 rings (SSSR count). The zero-order chi connectivity index (χ0) is 22.3. The minimum absolute atomic E-state index is 0.268. The second kappa shape index (κ2) is 10.5. The lowest BCUT2D eigenvalue weighted by Crippen LogP contribution is -2.49. The highest BCUT2D eigenvalue weighted by molar-refractivity contribution is 5.95. The molecule has 2 aliphatic rings. The lowest BCUT2D eigenvalue weighted by Gasteiger charge is -2.37. The van der Waals surface area contributed by atoms with Crippen LogP contribution in [0.25, 0.3) is 0 Å². The Kier molecular flexibility index (Phi) is 7.27. The van der Waals surface area contributed by atoms with Gasteiger partial charge in [-0.2, -0.15) is 0 Å². The first-order valence-electron chi connectivity index (χ1n) is 11.4. The highest BCUT2D eigenvalue weighted by atomic mass is 16.5. The van der Waals surface area contributed by atoms with Crippen LogP contribution in [0.1, 0.15) is 56.4 Å². The van der Waals surface area contributed by atoms with Crippen LogP contribution in [0.4, 0.5) is 4.79 Å². The predicted molar refractivity (Wildman–Crippen MR) is 121 cm³/mol. The van der Waals surface area contributed by atoms with Gasteiger partial charge in [-0.3, -0.25) is 4.90 Å². The van der Waals surface area contributed by atoms with E-state index >= 15 is 0 Å². The molecule has 2 N–H and O–H groups in total. The number of hydrogen-bond acceptors (Lipinski definition) is 5. The van der Waals surface area contributed by atoms with Crippen LogP contribution in [0, 0.1) is 0 Å². The van der Waals surface area contributed by atoms with Crippen molar-refractivity contribution in [1.29, 1.82) is 0 Å². The molecule has 1 aromatic carbocycles. The summed E-state index contributed by atoms with van der Waals surface area (Å²) in [5, 5.41) is 5.82. The number of ether oxygens (including phenoxy) is 1. The SMILES string of the molecule is CCOC(=O)C1=C(CN(Cc2ccco2)C2CCCCC2)NC(=O)N[C@H]1c1ccccc1. The van der Waals surface area contributed by atoms with Gasteiger partial charge in [0, 0.05) is 18.3 Å². The van der Waals surface area contributed by atoms with Gasteiger partial charge in [0.25, 0.3) is 0 Å². The van der Waals surface area contributed by atoms with Crippen LogP contribution < -0.4 is 10.6 Å². The van der Waals surface area contributed by atoms with E-state index in [4.69, 9.17) is 9.15 Å². The molecule has 170 valence electrons. The first kappa shape index (κ1) is 22.1. The topological polar surface area (TPSA) is 83.8 Å². The molecule has 7 nitrogen and oxygen atoms in total. The Morgan fingerprint density at radius 3 is 2.56 bits per heavy atom. The Morgan fingerprint density at radius 2 is 1.88 bits per heavy atom. The Balaban J connectivity index is 1.70. The van der Waals surface area contributed by atoms with Gasteiger partial charge in [-0.15, -0.1) is 0 Å². The normalized spacial score (nSPS) is 19.6. The largest absolute Gasteiger partial charge is 0.468 e. The van der Waals surface area contributed by atoms with Gasteiger partial charge in [-0.25, -0.2) is 9.59 Å². The third-order valence-corrected chi connectivity index (χ3v) is 6.17. The molecule has 2 amide bonds. The van der Waals surface area contributed by atoms with Crippen molar-refractivity contribution in [1.82, 2.24) is 15.5 Å². The quantitative estimate of drug-likeness (QED) is 0.602. The fourth-order valence-corrected chi connectivity index (χ4v) is 4.65. The van der Waals surface area contributed by atoms with E-state index in [1.807, 2.05) is 42.5 Å². The summed E-state index contributed by atoms with van der Waals surface area (Å²) in [6, 6.07) is 12.9. The number of furan rings is 1. The standard InChI is InChI=1S/C25H31N3O4/c1-2-31-24(29)22-21(26-25(30)27-23(22)18-10-5-3-6-11-18)17-28(16-20-14-9-15-32-20)19-12-7-4-8-13-19/h3,5-6,9-11,14-15,19,23H,2,4,7-8,12-13,16-17H2,1H3,(H2,26,27,30)/t23-/m0/s1. The van der Waals surface area contributed by atoms with Crippen LogP contribution in [0.2, 0.25) is 0 Å². The fourth-order valence-electron chi connectivity index (χ4n) is 4.65. The molecule has 0 bridgehead atoms. The van der Waals surface area contributed by atoms with Gasteiger partial charge in [-0.1, -0.05) is 49.6 Å². The molecule has 0 saturated heterocycles. The summed E-state index contributed by atoms with van der Waals surface area (Å²) in [5.41, 5.74) is 1.90. The van der Waals surface area contributed by atoms with Crippen molar-refractivity contribution in [3.8, 4) is 0 Å². The number of amides is 2. The molecule has 1 aromatic heterocycles. The van der Waals surface area contributed by atoms with Crippen LogP contribution in [0.5, 0.6) is 0 Å². The Bertz CT molecular complexity index is 933. The highest BCUT2D eigenvalue weighted by Gasteiger charge is 2.35. The molecule has 0 spiro atoms. The number of hydrogen-bond donors (Lipinski definition) is 2. The molecule has 1 atom stereocenters. The predicted octanol–water partition coefficient (Wildman–Crippen LogP) is 4.29. The number of carbonyl (C=O) groups is 2. The van der Waals surface area contributed by atoms with Gasteiger partial charge in [-0.05, 0) is 37.5 Å². The Labute approximate surface area is 188 Å². The molecule has 1 fully saturated rings. The van der Waals surface area contributed by atoms with Crippen molar-refractivity contribution in [3.05, 3.63) is 71.3 Å². The molecular formula is C25H31N3O4. The summed E-state index contributed by atoms with van der Waals surface area (Å²) < 4.78 is 11.0. The van der Waals surface area contributed by atoms with Crippen LogP contribution in [0.3, 0.4) is 0 Å². The monoisotopic (exact) mass is 437 g/mol. The minimum atomic E-state index is -0.559. The van der Waals surface area contributed by atoms with Crippen molar-refractivity contribution in [2.24, 2.45) is 0 Å². The number of rotatable bonds is 8. The lowest BCUT2D eigenvalue weighted by atomic mass is 9.92. The average molecular weight is 438 g/mol. The maximum Gasteiger partial charge on any atom is 0.338 e. The molecule has 0 unspecified atom stereocenters. The number of esters is 1. The molecule has 1 aliphatic carbocycles. The second-order valence-electron chi connectivity index (χ2n) is 8.33. The number of benzene rings is 1. The first-order chi connectivity index (χ1) is 15.7. The number of nitrogens with one attached hydrogen (secondary N) is 2. The van der Waals surface area contributed by atoms with Crippen LogP contribution in [-0.4, -0.2) is 36.1 Å². The van der Waals surface area contributed by atoms with Crippen molar-refractivity contribution in [2.75, 3.05) is 13.2 Å². The third-order valence-electron chi connectivity index (χ3n) is 6.17. The first-order valence-corrected chi connectivity index (χ1v) is 11.4. The van der Waals surface area contributed by atoms with E-state index in [1.165, 1.54) is 19.3 Å². The van der Waals surface area contributed by atoms with Gasteiger partial charge in [0.2, 0.25) is 0 Å². The molecule has 1 aliphatic heterocycles. The van der Waals surface area contributed by atoms with Gasteiger partial charge in [0.1, 0.15) is 5.76 Å². The number of carbonyl (C=O) groups excluding carboxylic acids is 2.